The fourth-order valence-corrected chi connectivity index (χ4v) is 2.81. The molecule has 1 aliphatic heterocycles. The molecule has 0 aliphatic carbocycles. The standard InChI is InChI=1S/C16H21F2N3O2/c1-10(22)20-14(16-12(17)4-3-5-13(16)18)8-15(23)21(2)11-6-7-19-9-11/h3-5,11,14,19H,6-9H2,1-2H3,(H,20,22)/t11-,14-/m1/s1. The zero-order valence-corrected chi connectivity index (χ0v) is 13.2. The summed E-state index contributed by atoms with van der Waals surface area (Å²) in [5.74, 6) is -2.26. The number of rotatable bonds is 5. The number of likely N-dealkylation sites (N-methyl/N-ethyl adjacent to an activating group) is 1. The second-order valence-electron chi connectivity index (χ2n) is 5.74. The average molecular weight is 325 g/mol. The summed E-state index contributed by atoms with van der Waals surface area (Å²) in [5, 5.41) is 5.63. The number of carbonyl (C=O) groups is 2. The van der Waals surface area contributed by atoms with Gasteiger partial charge in [-0.05, 0) is 25.1 Å². The molecule has 0 unspecified atom stereocenters. The van der Waals surface area contributed by atoms with Crippen LogP contribution in [0.2, 0.25) is 0 Å². The lowest BCUT2D eigenvalue weighted by molar-refractivity contribution is -0.132. The smallest absolute Gasteiger partial charge is 0.225 e. The first-order valence-corrected chi connectivity index (χ1v) is 7.57. The van der Waals surface area contributed by atoms with E-state index in [2.05, 4.69) is 10.6 Å². The van der Waals surface area contributed by atoms with E-state index >= 15 is 0 Å². The van der Waals surface area contributed by atoms with Crippen LogP contribution in [-0.2, 0) is 9.59 Å². The van der Waals surface area contributed by atoms with Crippen LogP contribution < -0.4 is 10.6 Å². The zero-order valence-electron chi connectivity index (χ0n) is 13.2. The molecule has 2 amide bonds. The fraction of sp³-hybridized carbons (Fsp3) is 0.500. The molecule has 0 spiro atoms. The molecule has 1 heterocycles. The molecule has 7 heteroatoms. The minimum atomic E-state index is -1.03. The van der Waals surface area contributed by atoms with Gasteiger partial charge in [0.2, 0.25) is 11.8 Å². The summed E-state index contributed by atoms with van der Waals surface area (Å²) in [5.41, 5.74) is -0.283. The molecular formula is C16H21F2N3O2. The highest BCUT2D eigenvalue weighted by atomic mass is 19.1. The van der Waals surface area contributed by atoms with Crippen molar-refractivity contribution < 1.29 is 18.4 Å². The van der Waals surface area contributed by atoms with Crippen LogP contribution in [-0.4, -0.2) is 42.9 Å². The highest BCUT2D eigenvalue weighted by Gasteiger charge is 2.28. The SMILES string of the molecule is CC(=O)N[C@H](CC(=O)N(C)[C@@H]1CCNC1)c1c(F)cccc1F. The maximum Gasteiger partial charge on any atom is 0.225 e. The molecule has 126 valence electrons. The molecule has 1 aliphatic rings. The molecule has 0 saturated carbocycles. The molecule has 0 radical (unpaired) electrons. The van der Waals surface area contributed by atoms with Gasteiger partial charge in [0.15, 0.2) is 0 Å². The van der Waals surface area contributed by atoms with Crippen molar-refractivity contribution in [2.75, 3.05) is 20.1 Å². The lowest BCUT2D eigenvalue weighted by Gasteiger charge is -2.27. The first-order chi connectivity index (χ1) is 10.9. The van der Waals surface area contributed by atoms with Crippen molar-refractivity contribution in [3.05, 3.63) is 35.4 Å². The third kappa shape index (κ3) is 4.25. The molecule has 1 aromatic carbocycles. The van der Waals surface area contributed by atoms with Crippen LogP contribution in [0.25, 0.3) is 0 Å². The Balaban J connectivity index is 2.18. The topological polar surface area (TPSA) is 61.4 Å². The molecule has 23 heavy (non-hydrogen) atoms. The van der Waals surface area contributed by atoms with Gasteiger partial charge in [0.05, 0.1) is 12.5 Å². The van der Waals surface area contributed by atoms with E-state index in [1.807, 2.05) is 0 Å². The van der Waals surface area contributed by atoms with Crippen LogP contribution in [0.4, 0.5) is 8.78 Å². The van der Waals surface area contributed by atoms with Crippen molar-refractivity contribution in [2.24, 2.45) is 0 Å². The molecule has 2 atom stereocenters. The lowest BCUT2D eigenvalue weighted by Crippen LogP contribution is -2.41. The van der Waals surface area contributed by atoms with E-state index in [9.17, 15) is 18.4 Å². The van der Waals surface area contributed by atoms with Crippen molar-refractivity contribution in [1.29, 1.82) is 0 Å². The van der Waals surface area contributed by atoms with Crippen molar-refractivity contribution in [3.8, 4) is 0 Å². The van der Waals surface area contributed by atoms with Gasteiger partial charge in [0.1, 0.15) is 11.6 Å². The predicted octanol–water partition coefficient (Wildman–Crippen LogP) is 1.35. The Bertz CT molecular complexity index is 568. The average Bonchev–Trinajstić information content (AvgIpc) is 2.99. The van der Waals surface area contributed by atoms with Crippen molar-refractivity contribution in [2.45, 2.75) is 31.8 Å². The second kappa shape index (κ2) is 7.50. The lowest BCUT2D eigenvalue weighted by atomic mass is 10.0. The number of hydrogen-bond donors (Lipinski definition) is 2. The molecule has 0 bridgehead atoms. The van der Waals surface area contributed by atoms with Crippen molar-refractivity contribution >= 4 is 11.8 Å². The number of nitrogens with one attached hydrogen (secondary N) is 2. The van der Waals surface area contributed by atoms with Crippen LogP contribution in [0, 0.1) is 11.6 Å². The maximum atomic E-state index is 14.0. The third-order valence-corrected chi connectivity index (χ3v) is 4.08. The van der Waals surface area contributed by atoms with Gasteiger partial charge in [0, 0.05) is 32.1 Å². The largest absolute Gasteiger partial charge is 0.349 e. The van der Waals surface area contributed by atoms with Crippen LogP contribution in [0.1, 0.15) is 31.4 Å². The van der Waals surface area contributed by atoms with E-state index in [-0.39, 0.29) is 23.9 Å². The van der Waals surface area contributed by atoms with Crippen LogP contribution in [0.3, 0.4) is 0 Å². The summed E-state index contributed by atoms with van der Waals surface area (Å²) < 4.78 is 28.0. The van der Waals surface area contributed by atoms with Gasteiger partial charge >= 0.3 is 0 Å². The molecule has 1 saturated heterocycles. The van der Waals surface area contributed by atoms with Gasteiger partial charge in [-0.2, -0.15) is 0 Å². The number of benzene rings is 1. The molecule has 5 nitrogen and oxygen atoms in total. The van der Waals surface area contributed by atoms with Gasteiger partial charge in [-0.25, -0.2) is 8.78 Å². The highest BCUT2D eigenvalue weighted by molar-refractivity contribution is 5.79. The molecular weight excluding hydrogens is 304 g/mol. The van der Waals surface area contributed by atoms with Crippen molar-refractivity contribution in [3.63, 3.8) is 0 Å². The minimum absolute atomic E-state index is 0.0611. The van der Waals surface area contributed by atoms with E-state index in [1.54, 1.807) is 11.9 Å². The van der Waals surface area contributed by atoms with Crippen LogP contribution in [0.5, 0.6) is 0 Å². The van der Waals surface area contributed by atoms with E-state index in [1.165, 1.54) is 13.0 Å². The summed E-state index contributed by atoms with van der Waals surface area (Å²) >= 11 is 0. The summed E-state index contributed by atoms with van der Waals surface area (Å²) in [6.45, 7) is 2.78. The summed E-state index contributed by atoms with van der Waals surface area (Å²) in [6, 6.07) is 2.51. The number of amides is 2. The first kappa shape index (κ1) is 17.3. The van der Waals surface area contributed by atoms with Gasteiger partial charge in [-0.3, -0.25) is 9.59 Å². The van der Waals surface area contributed by atoms with Crippen molar-refractivity contribution in [1.82, 2.24) is 15.5 Å². The number of hydrogen-bond acceptors (Lipinski definition) is 3. The predicted molar refractivity (Wildman–Crippen MR) is 81.6 cm³/mol. The molecule has 0 aromatic heterocycles. The molecule has 2 rings (SSSR count). The molecule has 1 aromatic rings. The van der Waals surface area contributed by atoms with Gasteiger partial charge in [-0.1, -0.05) is 6.07 Å². The number of carbonyl (C=O) groups excluding carboxylic acids is 2. The second-order valence-corrected chi connectivity index (χ2v) is 5.74. The Hall–Kier alpha value is -2.02. The van der Waals surface area contributed by atoms with Gasteiger partial charge < -0.3 is 15.5 Å². The molecule has 2 N–H and O–H groups in total. The normalized spacial score (nSPS) is 18.5. The van der Waals surface area contributed by atoms with Crippen LogP contribution in [0.15, 0.2) is 18.2 Å². The number of halogens is 2. The summed E-state index contributed by atoms with van der Waals surface area (Å²) in [7, 11) is 1.67. The van der Waals surface area contributed by atoms with E-state index in [0.717, 1.165) is 25.1 Å². The Morgan fingerprint density at radius 1 is 1.39 bits per heavy atom. The minimum Gasteiger partial charge on any atom is -0.349 e. The van der Waals surface area contributed by atoms with E-state index in [0.29, 0.717) is 6.54 Å². The van der Waals surface area contributed by atoms with Crippen LogP contribution >= 0.6 is 0 Å². The summed E-state index contributed by atoms with van der Waals surface area (Å²) in [4.78, 5) is 25.4. The Labute approximate surface area is 134 Å². The first-order valence-electron chi connectivity index (χ1n) is 7.57. The van der Waals surface area contributed by atoms with Gasteiger partial charge in [-0.15, -0.1) is 0 Å². The highest BCUT2D eigenvalue weighted by Crippen LogP contribution is 2.24. The fourth-order valence-electron chi connectivity index (χ4n) is 2.81. The van der Waals surface area contributed by atoms with E-state index < -0.39 is 23.6 Å². The zero-order chi connectivity index (χ0) is 17.0. The quantitative estimate of drug-likeness (QED) is 0.859. The third-order valence-electron chi connectivity index (χ3n) is 4.08. The Kier molecular flexibility index (Phi) is 5.65. The van der Waals surface area contributed by atoms with E-state index in [4.69, 9.17) is 0 Å². The van der Waals surface area contributed by atoms with Gasteiger partial charge in [0.25, 0.3) is 0 Å². The maximum absolute atomic E-state index is 14.0. The number of nitrogens with zero attached hydrogens (tertiary/aromatic N) is 1. The Morgan fingerprint density at radius 3 is 2.57 bits per heavy atom. The molecule has 1 fully saturated rings. The monoisotopic (exact) mass is 325 g/mol. The Morgan fingerprint density at radius 2 is 2.04 bits per heavy atom. The summed E-state index contributed by atoms with van der Waals surface area (Å²) in [6.07, 6.45) is 0.644.